The van der Waals surface area contributed by atoms with Gasteiger partial charge in [-0.15, -0.1) is 0 Å². The molecule has 7 nitrogen and oxygen atoms in total. The molecule has 40 heavy (non-hydrogen) atoms. The maximum absolute atomic E-state index is 11.4. The van der Waals surface area contributed by atoms with Crippen LogP contribution < -0.4 is 4.90 Å². The van der Waals surface area contributed by atoms with E-state index in [0.29, 0.717) is 48.6 Å². The van der Waals surface area contributed by atoms with Crippen LogP contribution in [0.3, 0.4) is 0 Å². The van der Waals surface area contributed by atoms with Crippen molar-refractivity contribution in [2.75, 3.05) is 11.5 Å². The summed E-state index contributed by atoms with van der Waals surface area (Å²) in [5.41, 5.74) is 4.86. The van der Waals surface area contributed by atoms with E-state index in [9.17, 15) is 9.90 Å². The van der Waals surface area contributed by atoms with E-state index in [2.05, 4.69) is 47.3 Å². The molecule has 2 saturated carbocycles. The number of carbonyl (C=O) groups is 1. The van der Waals surface area contributed by atoms with Crippen molar-refractivity contribution in [2.45, 2.75) is 88.3 Å². The van der Waals surface area contributed by atoms with E-state index in [0.717, 1.165) is 58.9 Å². The molecular weight excluding hydrogens is 522 g/mol. The molecule has 3 heterocycles. The van der Waals surface area contributed by atoms with Gasteiger partial charge in [-0.2, -0.15) is 0 Å². The van der Waals surface area contributed by atoms with E-state index >= 15 is 0 Å². The van der Waals surface area contributed by atoms with Crippen molar-refractivity contribution >= 4 is 32.7 Å². The molecule has 208 valence electrons. The molecule has 8 heteroatoms. The van der Waals surface area contributed by atoms with Crippen LogP contribution in [0.4, 0.5) is 5.13 Å². The van der Waals surface area contributed by atoms with Gasteiger partial charge in [-0.05, 0) is 74.6 Å². The molecule has 3 fully saturated rings. The van der Waals surface area contributed by atoms with Gasteiger partial charge in [-0.25, -0.2) is 9.78 Å². The van der Waals surface area contributed by atoms with Crippen molar-refractivity contribution in [3.63, 3.8) is 0 Å². The minimum atomic E-state index is -0.905. The highest BCUT2D eigenvalue weighted by atomic mass is 32.1. The second-order valence-corrected chi connectivity index (χ2v) is 12.6. The van der Waals surface area contributed by atoms with Gasteiger partial charge in [0.1, 0.15) is 5.76 Å². The number of carboxylic acids is 1. The standard InChI is InChI=1S/C32H35N3O4S/c1-2-22-11-12-23(35(22)32-33-27-13-10-21(31(36)37)16-28(27)40-32)14-15-38-18-26-29(34-39-30(26)20-8-9-20)25-17-24(25)19-6-4-3-5-7-19/h3-7,10,13,16,20,22-25H,2,8-9,11-12,14-15,17-18H2,1H3,(H,36,37)/t22?,23-,24?,25?/m0/s1. The lowest BCUT2D eigenvalue weighted by atomic mass is 10.0. The number of rotatable bonds is 11. The molecule has 1 saturated heterocycles. The highest BCUT2D eigenvalue weighted by Crippen LogP contribution is 2.56. The van der Waals surface area contributed by atoms with Crippen molar-refractivity contribution in [3.8, 4) is 0 Å². The summed E-state index contributed by atoms with van der Waals surface area (Å²) in [4.78, 5) is 18.8. The highest BCUT2D eigenvalue weighted by molar-refractivity contribution is 7.22. The molecule has 4 atom stereocenters. The van der Waals surface area contributed by atoms with Crippen LogP contribution in [0.15, 0.2) is 53.1 Å². The number of anilines is 1. The molecular formula is C32H35N3O4S. The van der Waals surface area contributed by atoms with Crippen molar-refractivity contribution in [2.24, 2.45) is 0 Å². The van der Waals surface area contributed by atoms with Crippen LogP contribution in [0.25, 0.3) is 10.2 Å². The third-order valence-electron chi connectivity index (χ3n) is 8.94. The Morgan fingerprint density at radius 1 is 1.10 bits per heavy atom. The fourth-order valence-corrected chi connectivity index (χ4v) is 7.66. The molecule has 0 radical (unpaired) electrons. The number of fused-ring (bicyclic) bond motifs is 1. The number of nitrogens with zero attached hydrogens (tertiary/aromatic N) is 3. The molecule has 1 aliphatic heterocycles. The monoisotopic (exact) mass is 557 g/mol. The number of aromatic carboxylic acids is 1. The third-order valence-corrected chi connectivity index (χ3v) is 9.98. The average molecular weight is 558 g/mol. The van der Waals surface area contributed by atoms with Gasteiger partial charge in [0.05, 0.1) is 28.1 Å². The summed E-state index contributed by atoms with van der Waals surface area (Å²) in [6.45, 7) is 3.47. The van der Waals surface area contributed by atoms with Gasteiger partial charge >= 0.3 is 5.97 Å². The number of carboxylic acid groups (broad SMARTS) is 1. The molecule has 2 aliphatic carbocycles. The van der Waals surface area contributed by atoms with E-state index in [1.54, 1.807) is 23.5 Å². The summed E-state index contributed by atoms with van der Waals surface area (Å²) in [6, 6.07) is 16.7. The van der Waals surface area contributed by atoms with E-state index in [4.69, 9.17) is 14.2 Å². The van der Waals surface area contributed by atoms with Gasteiger partial charge < -0.3 is 19.3 Å². The molecule has 4 aromatic rings. The number of hydrogen-bond acceptors (Lipinski definition) is 7. The summed E-state index contributed by atoms with van der Waals surface area (Å²) in [5, 5.41) is 15.0. The van der Waals surface area contributed by atoms with Crippen LogP contribution in [-0.4, -0.2) is 39.9 Å². The maximum atomic E-state index is 11.4. The molecule has 2 aromatic carbocycles. The van der Waals surface area contributed by atoms with E-state index in [1.807, 2.05) is 6.07 Å². The Labute approximate surface area is 238 Å². The predicted octanol–water partition coefficient (Wildman–Crippen LogP) is 7.49. The molecule has 0 spiro atoms. The topological polar surface area (TPSA) is 88.7 Å². The molecule has 2 aromatic heterocycles. The van der Waals surface area contributed by atoms with Crippen LogP contribution in [0.2, 0.25) is 0 Å². The lowest BCUT2D eigenvalue weighted by molar-refractivity contribution is 0.0697. The predicted molar refractivity (Wildman–Crippen MR) is 155 cm³/mol. The van der Waals surface area contributed by atoms with Gasteiger partial charge in [0.25, 0.3) is 0 Å². The zero-order chi connectivity index (χ0) is 27.2. The lowest BCUT2D eigenvalue weighted by Crippen LogP contribution is -2.36. The second-order valence-electron chi connectivity index (χ2n) is 11.6. The van der Waals surface area contributed by atoms with Gasteiger partial charge in [-0.3, -0.25) is 0 Å². The Bertz CT molecular complexity index is 1510. The van der Waals surface area contributed by atoms with Crippen LogP contribution in [0.5, 0.6) is 0 Å². The van der Waals surface area contributed by atoms with Crippen molar-refractivity contribution in [1.82, 2.24) is 10.1 Å². The Morgan fingerprint density at radius 3 is 2.70 bits per heavy atom. The highest BCUT2D eigenvalue weighted by Gasteiger charge is 2.45. The van der Waals surface area contributed by atoms with Crippen LogP contribution in [0.1, 0.15) is 103 Å². The summed E-state index contributed by atoms with van der Waals surface area (Å²) in [6.07, 6.45) is 7.74. The SMILES string of the molecule is CCC1CC[C@@H](CCOCc2c(C3CC3c3ccccc3)noc2C2CC2)N1c1nc2ccc(C(=O)O)cc2s1. The largest absolute Gasteiger partial charge is 0.478 e. The van der Waals surface area contributed by atoms with Gasteiger partial charge in [0.15, 0.2) is 5.13 Å². The van der Waals surface area contributed by atoms with Crippen molar-refractivity contribution in [3.05, 3.63) is 76.7 Å². The maximum Gasteiger partial charge on any atom is 0.335 e. The second kappa shape index (κ2) is 10.6. The Balaban J connectivity index is 1.03. The Morgan fingerprint density at radius 2 is 1.93 bits per heavy atom. The third kappa shape index (κ3) is 4.92. The first-order valence-electron chi connectivity index (χ1n) is 14.6. The summed E-state index contributed by atoms with van der Waals surface area (Å²) in [5.74, 6) is 1.60. The summed E-state index contributed by atoms with van der Waals surface area (Å²) < 4.78 is 13.2. The average Bonchev–Trinajstić information content (AvgIpc) is 3.85. The smallest absolute Gasteiger partial charge is 0.335 e. The molecule has 3 aliphatic rings. The number of benzene rings is 2. The van der Waals surface area contributed by atoms with Gasteiger partial charge in [0, 0.05) is 36.1 Å². The van der Waals surface area contributed by atoms with Crippen molar-refractivity contribution < 1.29 is 19.2 Å². The zero-order valence-electron chi connectivity index (χ0n) is 22.8. The zero-order valence-corrected chi connectivity index (χ0v) is 23.6. The first-order chi connectivity index (χ1) is 19.6. The molecule has 1 N–H and O–H groups in total. The fraction of sp³-hybridized carbons (Fsp3) is 0.469. The minimum Gasteiger partial charge on any atom is -0.478 e. The number of hydrogen-bond donors (Lipinski definition) is 1. The number of aromatic nitrogens is 2. The molecule has 3 unspecified atom stereocenters. The van der Waals surface area contributed by atoms with Crippen LogP contribution >= 0.6 is 11.3 Å². The van der Waals surface area contributed by atoms with Crippen LogP contribution in [0, 0.1) is 0 Å². The van der Waals surface area contributed by atoms with Gasteiger partial charge in [0.2, 0.25) is 0 Å². The minimum absolute atomic E-state index is 0.307. The first kappa shape index (κ1) is 25.7. The van der Waals surface area contributed by atoms with Crippen molar-refractivity contribution in [1.29, 1.82) is 0 Å². The summed E-state index contributed by atoms with van der Waals surface area (Å²) >= 11 is 1.60. The van der Waals surface area contributed by atoms with Crippen LogP contribution in [-0.2, 0) is 11.3 Å². The van der Waals surface area contributed by atoms with E-state index in [-0.39, 0.29) is 0 Å². The number of thiazole rings is 1. The molecule has 0 amide bonds. The van der Waals surface area contributed by atoms with E-state index in [1.165, 1.54) is 24.0 Å². The Kier molecular flexibility index (Phi) is 6.84. The number of ether oxygens (including phenoxy) is 1. The normalized spacial score (nSPS) is 24.2. The Hall–Kier alpha value is -3.23. The quantitative estimate of drug-likeness (QED) is 0.191. The first-order valence-corrected chi connectivity index (χ1v) is 15.5. The fourth-order valence-electron chi connectivity index (χ4n) is 6.51. The summed E-state index contributed by atoms with van der Waals surface area (Å²) in [7, 11) is 0. The molecule has 0 bridgehead atoms. The van der Waals surface area contributed by atoms with Gasteiger partial charge in [-0.1, -0.05) is 53.7 Å². The van der Waals surface area contributed by atoms with E-state index < -0.39 is 5.97 Å². The molecule has 7 rings (SSSR count). The lowest BCUT2D eigenvalue weighted by Gasteiger charge is -2.29.